The van der Waals surface area contributed by atoms with E-state index in [1.54, 1.807) is 0 Å². The molecule has 0 aliphatic rings. The molecule has 13 heavy (non-hydrogen) atoms. The van der Waals surface area contributed by atoms with E-state index < -0.39 is 14.1 Å². The summed E-state index contributed by atoms with van der Waals surface area (Å²) in [7, 11) is -5.48. The molecule has 0 amide bonds. The highest BCUT2D eigenvalue weighted by atomic mass is 35.5. The molecule has 0 aromatic carbocycles. The minimum Gasteiger partial charge on any atom is -0.493 e. The number of ether oxygens (including phenoxy) is 2. The van der Waals surface area contributed by atoms with E-state index in [9.17, 15) is 0 Å². The topological polar surface area (TPSA) is 31.4 Å². The number of pyridine rings is 1. The summed E-state index contributed by atoms with van der Waals surface area (Å²) in [5.74, 6) is -0.663. The van der Waals surface area contributed by atoms with Gasteiger partial charge in [-0.15, -0.1) is 24.0 Å². The van der Waals surface area contributed by atoms with Crippen molar-refractivity contribution in [2.24, 2.45) is 0 Å². The van der Waals surface area contributed by atoms with Crippen LogP contribution in [0, 0.1) is 0 Å². The fourth-order valence-electron chi connectivity index (χ4n) is 0.756. The number of alkyl halides is 1. The van der Waals surface area contributed by atoms with Crippen molar-refractivity contribution in [2.75, 3.05) is 14.1 Å². The van der Waals surface area contributed by atoms with E-state index in [-0.39, 0.29) is 35.5 Å². The zero-order chi connectivity index (χ0) is 14.0. The molecule has 1 rings (SSSR count). The molecule has 5 heteroatoms. The molecule has 0 N–H and O–H groups in total. The van der Waals surface area contributed by atoms with Gasteiger partial charge in [-0.05, 0) is 0 Å². The van der Waals surface area contributed by atoms with Crippen molar-refractivity contribution in [3.63, 3.8) is 0 Å². The van der Waals surface area contributed by atoms with Crippen molar-refractivity contribution >= 4 is 24.0 Å². The molecular weight excluding hydrogens is 213 g/mol. The number of rotatable bonds is 3. The zero-order valence-corrected chi connectivity index (χ0v) is 7.98. The Balaban J connectivity index is 0.00000324. The third-order valence-electron chi connectivity index (χ3n) is 1.28. The quantitative estimate of drug-likeness (QED) is 0.746. The zero-order valence-electron chi connectivity index (χ0n) is 12.4. The predicted octanol–water partition coefficient (Wildman–Crippen LogP) is 2.26. The molecule has 1 heterocycles. The van der Waals surface area contributed by atoms with Crippen LogP contribution < -0.4 is 9.47 Å². The van der Waals surface area contributed by atoms with Crippen LogP contribution in [0.4, 0.5) is 0 Å². The Bertz CT molecular complexity index is 423. The van der Waals surface area contributed by atoms with Crippen molar-refractivity contribution in [1.29, 1.82) is 0 Å². The van der Waals surface area contributed by atoms with Crippen molar-refractivity contribution in [3.05, 3.63) is 18.0 Å². The van der Waals surface area contributed by atoms with Crippen molar-refractivity contribution in [3.8, 4) is 11.5 Å². The predicted molar refractivity (Wildman–Crippen MR) is 54.1 cm³/mol. The number of hydrogen-bond acceptors (Lipinski definition) is 3. The summed E-state index contributed by atoms with van der Waals surface area (Å²) in [4.78, 5) is 3.80. The van der Waals surface area contributed by atoms with E-state index in [1.165, 1.54) is 12.3 Å². The summed E-state index contributed by atoms with van der Waals surface area (Å²) >= 11 is 5.58. The van der Waals surface area contributed by atoms with Gasteiger partial charge in [0.05, 0.1) is 28.2 Å². The van der Waals surface area contributed by atoms with E-state index >= 15 is 0 Å². The van der Waals surface area contributed by atoms with Crippen molar-refractivity contribution in [1.82, 2.24) is 4.98 Å². The second kappa shape index (κ2) is 5.89. The molecule has 0 atom stereocenters. The van der Waals surface area contributed by atoms with Crippen molar-refractivity contribution < 1.29 is 17.7 Å². The minimum atomic E-state index is -2.75. The lowest BCUT2D eigenvalue weighted by atomic mass is 10.3. The Morgan fingerprint density at radius 3 is 2.92 bits per heavy atom. The van der Waals surface area contributed by atoms with Gasteiger partial charge in [-0.3, -0.25) is 4.98 Å². The normalized spacial score (nSPS) is 17.6. The van der Waals surface area contributed by atoms with Gasteiger partial charge in [0, 0.05) is 12.3 Å². The molecule has 74 valence electrons. The van der Waals surface area contributed by atoms with E-state index in [0.717, 1.165) is 0 Å². The Morgan fingerprint density at radius 2 is 2.31 bits per heavy atom. The van der Waals surface area contributed by atoms with E-state index in [0.29, 0.717) is 0 Å². The first kappa shape index (κ1) is 5.27. The van der Waals surface area contributed by atoms with Crippen LogP contribution in [0.3, 0.4) is 0 Å². The third-order valence-corrected chi connectivity index (χ3v) is 1.53. The Kier molecular flexibility index (Phi) is 2.39. The largest absolute Gasteiger partial charge is 0.493 e. The van der Waals surface area contributed by atoms with Gasteiger partial charge in [-0.2, -0.15) is 0 Å². The SMILES string of the molecule is Cl.[2H]C([2H])([2H])Oc1ccnc(CCl)c1OC([2H])([2H])[2H]. The first-order valence-corrected chi connectivity index (χ1v) is 3.58. The highest BCUT2D eigenvalue weighted by molar-refractivity contribution is 6.17. The minimum absolute atomic E-state index is 0. The lowest BCUT2D eigenvalue weighted by molar-refractivity contribution is 0.350. The maximum absolute atomic E-state index is 7.01. The summed E-state index contributed by atoms with van der Waals surface area (Å²) in [5.41, 5.74) is 0.0922. The molecule has 0 unspecified atom stereocenters. The standard InChI is InChI=1S/C8H10ClNO2.ClH/c1-11-7-3-4-10-6(5-9)8(7)12-2;/h3-4H,5H2,1-2H3;1H/i1D3,2D3;. The Morgan fingerprint density at radius 1 is 1.54 bits per heavy atom. The molecular formula is C8H11Cl2NO2. The summed E-state index contributed by atoms with van der Waals surface area (Å²) in [6.45, 7) is 0. The molecule has 1 aromatic rings. The lowest BCUT2D eigenvalue weighted by Gasteiger charge is -2.08. The van der Waals surface area contributed by atoms with Gasteiger partial charge in [-0.25, -0.2) is 0 Å². The molecule has 0 saturated carbocycles. The second-order valence-corrected chi connectivity index (χ2v) is 2.19. The smallest absolute Gasteiger partial charge is 0.183 e. The number of aromatic nitrogens is 1. The highest BCUT2D eigenvalue weighted by Crippen LogP contribution is 2.29. The number of halogens is 2. The lowest BCUT2D eigenvalue weighted by Crippen LogP contribution is -1.96. The van der Waals surface area contributed by atoms with Gasteiger partial charge in [-0.1, -0.05) is 0 Å². The Hall–Kier alpha value is -0.670. The van der Waals surface area contributed by atoms with Crippen molar-refractivity contribution in [2.45, 2.75) is 5.88 Å². The average molecular weight is 230 g/mol. The highest BCUT2D eigenvalue weighted by Gasteiger charge is 2.08. The van der Waals surface area contributed by atoms with Gasteiger partial charge in [0.1, 0.15) is 5.69 Å². The van der Waals surface area contributed by atoms with Gasteiger partial charge in [0.25, 0.3) is 0 Å². The van der Waals surface area contributed by atoms with Gasteiger partial charge in [0.15, 0.2) is 11.5 Å². The van der Waals surface area contributed by atoms with Crippen LogP contribution in [0.5, 0.6) is 11.5 Å². The monoisotopic (exact) mass is 229 g/mol. The van der Waals surface area contributed by atoms with Gasteiger partial charge < -0.3 is 9.47 Å². The van der Waals surface area contributed by atoms with Crippen LogP contribution >= 0.6 is 24.0 Å². The summed E-state index contributed by atoms with van der Waals surface area (Å²) < 4.78 is 51.3. The Labute approximate surface area is 96.9 Å². The summed E-state index contributed by atoms with van der Waals surface area (Å²) in [6.07, 6.45) is 1.26. The van der Waals surface area contributed by atoms with E-state index in [4.69, 9.17) is 19.8 Å². The van der Waals surface area contributed by atoms with Crippen LogP contribution in [0.2, 0.25) is 0 Å². The number of nitrogens with zero attached hydrogens (tertiary/aromatic N) is 1. The van der Waals surface area contributed by atoms with Gasteiger partial charge >= 0.3 is 0 Å². The van der Waals surface area contributed by atoms with Crippen LogP contribution in [-0.2, 0) is 5.88 Å². The van der Waals surface area contributed by atoms with Crippen LogP contribution in [-0.4, -0.2) is 19.1 Å². The molecule has 1 aromatic heterocycles. The average Bonchev–Trinajstić information content (AvgIpc) is 2.16. The van der Waals surface area contributed by atoms with Crippen LogP contribution in [0.15, 0.2) is 12.3 Å². The number of methoxy groups -OCH3 is 2. The molecule has 0 saturated heterocycles. The molecule has 0 spiro atoms. The van der Waals surface area contributed by atoms with E-state index in [2.05, 4.69) is 14.5 Å². The van der Waals surface area contributed by atoms with Crippen LogP contribution in [0.25, 0.3) is 0 Å². The molecule has 0 aliphatic heterocycles. The first-order valence-electron chi connectivity index (χ1n) is 6.04. The summed E-state index contributed by atoms with van der Waals surface area (Å²) in [5, 5.41) is 0. The fraction of sp³-hybridized carbons (Fsp3) is 0.375. The molecule has 0 aliphatic carbocycles. The summed E-state index contributed by atoms with van der Waals surface area (Å²) in [6, 6.07) is 1.20. The third kappa shape index (κ3) is 2.64. The number of hydrogen-bond donors (Lipinski definition) is 0. The van der Waals surface area contributed by atoms with E-state index in [1.807, 2.05) is 0 Å². The maximum Gasteiger partial charge on any atom is 0.183 e. The molecule has 0 radical (unpaired) electrons. The second-order valence-electron chi connectivity index (χ2n) is 1.92. The maximum atomic E-state index is 7.01. The molecule has 0 bridgehead atoms. The molecule has 0 fully saturated rings. The fourth-order valence-corrected chi connectivity index (χ4v) is 0.947. The van der Waals surface area contributed by atoms with Crippen LogP contribution in [0.1, 0.15) is 13.9 Å². The van der Waals surface area contributed by atoms with Gasteiger partial charge in [0.2, 0.25) is 0 Å². The molecule has 3 nitrogen and oxygen atoms in total. The first-order chi connectivity index (χ1) is 8.12.